The molecule has 8 nitrogen and oxygen atoms in total. The number of nitrogens with zero attached hydrogens (tertiary/aromatic N) is 2. The van der Waals surface area contributed by atoms with Crippen molar-refractivity contribution in [2.24, 2.45) is 0 Å². The van der Waals surface area contributed by atoms with Gasteiger partial charge >= 0.3 is 59.1 Å². The van der Waals surface area contributed by atoms with Gasteiger partial charge in [0.1, 0.15) is 10.1 Å². The van der Waals surface area contributed by atoms with Crippen molar-refractivity contribution in [1.82, 2.24) is 0 Å². The monoisotopic (exact) mass is 590 g/mol. The fourth-order valence-electron chi connectivity index (χ4n) is 4.52. The van der Waals surface area contributed by atoms with Gasteiger partial charge in [-0.05, 0) is 86.8 Å². The topological polar surface area (TPSA) is 105 Å². The second-order valence-corrected chi connectivity index (χ2v) is 10.5. The van der Waals surface area contributed by atoms with Crippen molar-refractivity contribution >= 4 is 33.5 Å². The van der Waals surface area contributed by atoms with Crippen LogP contribution in [-0.4, -0.2) is 39.1 Å². The molecule has 0 aliphatic rings. The van der Waals surface area contributed by atoms with E-state index in [9.17, 15) is 18.2 Å². The summed E-state index contributed by atoms with van der Waals surface area (Å²) in [6.45, 7) is 11.8. The second kappa shape index (κ2) is 17.4. The molecule has 0 bridgehead atoms. The van der Waals surface area contributed by atoms with Gasteiger partial charge in [0.25, 0.3) is 0 Å². The quantitative estimate of drug-likeness (QED) is 0.0600. The Bertz CT molecular complexity index is 1200. The number of hydrogen-bond donors (Lipinski definition) is 0. The third-order valence-corrected chi connectivity index (χ3v) is 7.95. The molecule has 0 aliphatic heterocycles. The van der Waals surface area contributed by atoms with Crippen LogP contribution in [0.15, 0.2) is 76.5 Å². The average molecular weight is 591 g/mol. The van der Waals surface area contributed by atoms with Crippen LogP contribution in [0.1, 0.15) is 50.3 Å². The third kappa shape index (κ3) is 9.46. The van der Waals surface area contributed by atoms with Gasteiger partial charge in [0.15, 0.2) is 0 Å². The number of rotatable bonds is 13. The summed E-state index contributed by atoms with van der Waals surface area (Å²) in [7, 11) is -4.72. The fraction of sp³-hybridized carbons (Fsp3) is 0.333. The van der Waals surface area contributed by atoms with E-state index in [-0.39, 0.29) is 64.0 Å². The van der Waals surface area contributed by atoms with Gasteiger partial charge < -0.3 is 19.6 Å². The molecule has 3 aromatic rings. The maximum absolute atomic E-state index is 11.9. The molecule has 3 aromatic carbocycles. The van der Waals surface area contributed by atoms with E-state index in [1.807, 2.05) is 48.5 Å². The molecule has 12 heteroatoms. The predicted octanol–water partition coefficient (Wildman–Crippen LogP) is -1.30. The molecule has 0 atom stereocenters. The van der Waals surface area contributed by atoms with Crippen molar-refractivity contribution in [1.29, 1.82) is 0 Å². The van der Waals surface area contributed by atoms with Gasteiger partial charge in [-0.2, -0.15) is 4.33 Å². The smallest absolute Gasteiger partial charge is 0.744 e. The van der Waals surface area contributed by atoms with Crippen molar-refractivity contribution in [3.63, 3.8) is 0 Å². The normalized spacial score (nSPS) is 11.1. The molecule has 0 radical (unpaired) electrons. The first-order chi connectivity index (χ1) is 17.8. The summed E-state index contributed by atoms with van der Waals surface area (Å²) in [5.41, 5.74) is 4.41. The SMILES string of the molecule is CCN(CC)c1ccc(C(c2ccc(N(CC)CC)cc2)c2cc(S(=O)(=O)[O-])ccc2SOO[O-])cc1.[Na+].[Na+]. The largest absolute Gasteiger partial charge is 1.00 e. The van der Waals surface area contributed by atoms with Gasteiger partial charge in [0, 0.05) is 48.4 Å². The minimum atomic E-state index is -4.72. The van der Waals surface area contributed by atoms with Crippen molar-refractivity contribution in [3.05, 3.63) is 83.4 Å². The number of anilines is 2. The van der Waals surface area contributed by atoms with E-state index in [0.29, 0.717) is 22.5 Å². The van der Waals surface area contributed by atoms with Crippen LogP contribution in [0.4, 0.5) is 11.4 Å². The van der Waals surface area contributed by atoms with Crippen LogP contribution in [-0.2, 0) is 19.5 Å². The molecule has 0 aromatic heterocycles. The summed E-state index contributed by atoms with van der Waals surface area (Å²) in [6.07, 6.45) is 0. The van der Waals surface area contributed by atoms with E-state index >= 15 is 0 Å². The van der Waals surface area contributed by atoms with Gasteiger partial charge in [-0.15, -0.1) is 0 Å². The number of hydrogen-bond acceptors (Lipinski definition) is 9. The Balaban J connectivity index is 0.00000380. The molecule has 0 unspecified atom stereocenters. The molecule has 0 spiro atoms. The Morgan fingerprint density at radius 1 is 0.769 bits per heavy atom. The zero-order valence-corrected chi connectivity index (χ0v) is 29.1. The first kappa shape index (κ1) is 36.4. The van der Waals surface area contributed by atoms with E-state index in [1.54, 1.807) is 0 Å². The molecular formula is C27H32N2Na2O6S2. The molecule has 0 saturated carbocycles. The fourth-order valence-corrected chi connectivity index (χ4v) is 5.52. The summed E-state index contributed by atoms with van der Waals surface area (Å²) in [5, 5.41) is 14.1. The Labute approximate surface area is 280 Å². The second-order valence-electron chi connectivity index (χ2n) is 8.33. The van der Waals surface area contributed by atoms with Crippen molar-refractivity contribution in [3.8, 4) is 0 Å². The maximum Gasteiger partial charge on any atom is 1.00 e. The van der Waals surface area contributed by atoms with Crippen LogP contribution in [0.3, 0.4) is 0 Å². The van der Waals surface area contributed by atoms with Crippen LogP contribution in [0.2, 0.25) is 0 Å². The van der Waals surface area contributed by atoms with E-state index in [0.717, 1.165) is 48.7 Å². The summed E-state index contributed by atoms with van der Waals surface area (Å²) >= 11 is 0.667. The van der Waals surface area contributed by atoms with Crippen LogP contribution in [0, 0.1) is 0 Å². The van der Waals surface area contributed by atoms with E-state index < -0.39 is 16.0 Å². The van der Waals surface area contributed by atoms with Crippen LogP contribution in [0.25, 0.3) is 0 Å². The molecule has 0 fully saturated rings. The molecule has 0 amide bonds. The molecule has 0 aliphatic carbocycles. The minimum Gasteiger partial charge on any atom is -0.744 e. The number of benzene rings is 3. The Hall–Kier alpha value is -0.600. The van der Waals surface area contributed by atoms with E-state index in [4.69, 9.17) is 0 Å². The van der Waals surface area contributed by atoms with Crippen LogP contribution >= 0.6 is 12.0 Å². The molecule has 0 N–H and O–H groups in total. The van der Waals surface area contributed by atoms with Gasteiger partial charge in [-0.3, -0.25) is 5.04 Å². The van der Waals surface area contributed by atoms with E-state index in [2.05, 4.69) is 46.9 Å². The zero-order chi connectivity index (χ0) is 27.0. The van der Waals surface area contributed by atoms with Gasteiger partial charge in [0.2, 0.25) is 0 Å². The van der Waals surface area contributed by atoms with Crippen LogP contribution in [0.5, 0.6) is 0 Å². The van der Waals surface area contributed by atoms with Gasteiger partial charge in [0.05, 0.1) is 16.9 Å². The van der Waals surface area contributed by atoms with Crippen LogP contribution < -0.4 is 74.2 Å². The molecule has 39 heavy (non-hydrogen) atoms. The molecule has 0 saturated heterocycles. The summed E-state index contributed by atoms with van der Waals surface area (Å²) in [5.74, 6) is -0.448. The third-order valence-electron chi connectivity index (χ3n) is 6.44. The average Bonchev–Trinajstić information content (AvgIpc) is 2.90. The molecule has 3 rings (SSSR count). The van der Waals surface area contributed by atoms with Gasteiger partial charge in [-0.1, -0.05) is 24.3 Å². The van der Waals surface area contributed by atoms with Crippen molar-refractivity contribution in [2.45, 2.75) is 43.4 Å². The summed E-state index contributed by atoms with van der Waals surface area (Å²) in [6, 6.07) is 20.1. The van der Waals surface area contributed by atoms with Crippen molar-refractivity contribution in [2.75, 3.05) is 36.0 Å². The Morgan fingerprint density at radius 2 is 1.21 bits per heavy atom. The zero-order valence-electron chi connectivity index (χ0n) is 23.4. The molecule has 0 heterocycles. The first-order valence-corrected chi connectivity index (χ1v) is 14.3. The standard InChI is InChI=1S/C27H34N2O6S2.2Na/c1-5-28(6-2)22-13-9-20(10-14-22)27(21-11-15-23(16-12-21)29(7-3)8-4)25-19-24(37(31,32)33)17-18-26(25)36-35-34-30;;/h9-19,27,30H,5-8H2,1-4H3,(H,31,32,33);;/q;2*+1/p-2. The maximum atomic E-state index is 11.9. The Morgan fingerprint density at radius 3 is 1.56 bits per heavy atom. The molecular weight excluding hydrogens is 558 g/mol. The van der Waals surface area contributed by atoms with Crippen molar-refractivity contribution < 1.29 is 86.7 Å². The Kier molecular flexibility index (Phi) is 16.2. The van der Waals surface area contributed by atoms with E-state index in [1.165, 1.54) is 18.2 Å². The summed E-state index contributed by atoms with van der Waals surface area (Å²) in [4.78, 5) is 4.54. The first-order valence-electron chi connectivity index (χ1n) is 12.2. The predicted molar refractivity (Wildman–Crippen MR) is 143 cm³/mol. The van der Waals surface area contributed by atoms with Gasteiger partial charge in [-0.25, -0.2) is 8.42 Å². The molecule has 200 valence electrons. The summed E-state index contributed by atoms with van der Waals surface area (Å²) < 4.78 is 40.3. The minimum absolute atomic E-state index is 0.